The third-order valence-corrected chi connectivity index (χ3v) is 6.97. The Hall–Kier alpha value is -0.566. The molecule has 4 nitrogen and oxygen atoms in total. The van der Waals surface area contributed by atoms with Gasteiger partial charge in [0.25, 0.3) is 0 Å². The van der Waals surface area contributed by atoms with E-state index < -0.39 is 11.9 Å². The van der Waals surface area contributed by atoms with E-state index in [0.717, 1.165) is 25.7 Å². The van der Waals surface area contributed by atoms with Crippen LogP contribution in [0, 0.1) is 0 Å². The second-order valence-corrected chi connectivity index (χ2v) is 10.7. The van der Waals surface area contributed by atoms with Gasteiger partial charge in [0.1, 0.15) is 0 Å². The summed E-state index contributed by atoms with van der Waals surface area (Å²) in [5.41, 5.74) is 0. The molecule has 0 N–H and O–H groups in total. The molecule has 0 aromatic heterocycles. The Morgan fingerprint density at radius 1 is 0.351 bits per heavy atom. The molecule has 0 saturated carbocycles. The van der Waals surface area contributed by atoms with Gasteiger partial charge in [-0.3, -0.25) is 0 Å². The van der Waals surface area contributed by atoms with E-state index in [1.54, 1.807) is 0 Å². The van der Waals surface area contributed by atoms with E-state index in [0.29, 0.717) is 0 Å². The topological polar surface area (TPSA) is 80.3 Å². The van der Waals surface area contributed by atoms with Crippen LogP contribution in [0.2, 0.25) is 0 Å². The van der Waals surface area contributed by atoms with Gasteiger partial charge in [0.15, 0.2) is 0 Å². The number of carboxylic acids is 2. The summed E-state index contributed by atoms with van der Waals surface area (Å²) in [6.07, 6.45) is 33.9. The molecule has 0 aliphatic heterocycles. The first kappa shape index (κ1) is 40.9. The van der Waals surface area contributed by atoms with Gasteiger partial charge in [0, 0.05) is 11.9 Å². The van der Waals surface area contributed by atoms with Crippen molar-refractivity contribution in [3.05, 3.63) is 0 Å². The fourth-order valence-electron chi connectivity index (χ4n) is 4.57. The maximum Gasteiger partial charge on any atom is 2.00 e. The molecule has 5 heteroatoms. The molecule has 37 heavy (non-hydrogen) atoms. The first-order chi connectivity index (χ1) is 17.5. The molecule has 0 aromatic rings. The van der Waals surface area contributed by atoms with E-state index in [4.69, 9.17) is 0 Å². The molecule has 0 spiro atoms. The van der Waals surface area contributed by atoms with Crippen LogP contribution in [0.3, 0.4) is 0 Å². The summed E-state index contributed by atoms with van der Waals surface area (Å²) in [5, 5.41) is 20.4. The molecule has 0 bridgehead atoms. The minimum absolute atomic E-state index is 0. The van der Waals surface area contributed by atoms with Gasteiger partial charge in [-0.15, -0.1) is 0 Å². The predicted octanol–water partition coefficient (Wildman–Crippen LogP) is 8.43. The summed E-state index contributed by atoms with van der Waals surface area (Å²) in [7, 11) is 0. The Balaban J connectivity index is -0.000000608. The molecular weight excluding hydrogens is 507 g/mol. The van der Waals surface area contributed by atoms with Crippen LogP contribution < -0.4 is 10.2 Å². The molecule has 0 radical (unpaired) electrons. The van der Waals surface area contributed by atoms with Crippen LogP contribution in [-0.4, -0.2) is 11.9 Å². The van der Waals surface area contributed by atoms with Gasteiger partial charge in [-0.05, 0) is 25.7 Å². The number of hydrogen-bond donors (Lipinski definition) is 0. The van der Waals surface area contributed by atoms with Crippen LogP contribution in [0.1, 0.15) is 194 Å². The number of rotatable bonds is 28. The van der Waals surface area contributed by atoms with E-state index in [1.807, 2.05) is 0 Å². The molecule has 0 aliphatic rings. The maximum atomic E-state index is 10.2. The first-order valence-electron chi connectivity index (χ1n) is 15.9. The average Bonchev–Trinajstić information content (AvgIpc) is 2.85. The normalized spacial score (nSPS) is 10.4. The third kappa shape index (κ3) is 45.7. The van der Waals surface area contributed by atoms with Crippen molar-refractivity contribution in [1.29, 1.82) is 0 Å². The van der Waals surface area contributed by atoms with Crippen molar-refractivity contribution in [2.45, 2.75) is 194 Å². The van der Waals surface area contributed by atoms with Gasteiger partial charge in [0.2, 0.25) is 0 Å². The van der Waals surface area contributed by atoms with Crippen molar-refractivity contribution >= 4 is 11.9 Å². The van der Waals surface area contributed by atoms with Crippen molar-refractivity contribution < 1.29 is 36.3 Å². The first-order valence-corrected chi connectivity index (χ1v) is 15.9. The summed E-state index contributed by atoms with van der Waals surface area (Å²) in [6.45, 7) is 4.51. The van der Waals surface area contributed by atoms with E-state index in [1.165, 1.54) is 141 Å². The fourth-order valence-corrected chi connectivity index (χ4v) is 4.57. The fraction of sp³-hybridized carbons (Fsp3) is 0.938. The standard InChI is InChI=1S/2C16H32O2.Ni/c2*1-2-3-4-5-6-7-8-9-10-11-12-13-14-15-16(17)18;/h2*2-15H2,1H3,(H,17,18);/q;;+2/p-2. The average molecular weight is 570 g/mol. The summed E-state index contributed by atoms with van der Waals surface area (Å²) in [5.74, 6) is -1.81. The van der Waals surface area contributed by atoms with Crippen molar-refractivity contribution in [2.24, 2.45) is 0 Å². The number of hydrogen-bond acceptors (Lipinski definition) is 4. The van der Waals surface area contributed by atoms with Crippen LogP contribution >= 0.6 is 0 Å². The van der Waals surface area contributed by atoms with E-state index in [2.05, 4.69) is 13.8 Å². The SMILES string of the molecule is CCCCCCCCCCCCCCCC(=O)[O-].CCCCCCCCCCCCCCCC(=O)[O-].[Ni+2]. The zero-order valence-corrected chi connectivity index (χ0v) is 25.7. The number of carboxylic acid groups (broad SMARTS) is 2. The van der Waals surface area contributed by atoms with Crippen molar-refractivity contribution in [1.82, 2.24) is 0 Å². The molecule has 0 heterocycles. The molecule has 0 saturated heterocycles. The van der Waals surface area contributed by atoms with Gasteiger partial charge in [-0.2, -0.15) is 0 Å². The van der Waals surface area contributed by atoms with Crippen molar-refractivity contribution in [3.8, 4) is 0 Å². The molecular formula is C32H62NiO4. The summed E-state index contributed by atoms with van der Waals surface area (Å²) in [6, 6.07) is 0. The molecule has 0 aromatic carbocycles. The maximum absolute atomic E-state index is 10.2. The minimum atomic E-state index is -0.905. The zero-order chi connectivity index (χ0) is 27.0. The van der Waals surface area contributed by atoms with Gasteiger partial charge in [0.05, 0.1) is 0 Å². The van der Waals surface area contributed by atoms with Gasteiger partial charge in [-0.25, -0.2) is 0 Å². The van der Waals surface area contributed by atoms with E-state index in [9.17, 15) is 19.8 Å². The second-order valence-electron chi connectivity index (χ2n) is 10.7. The Labute approximate surface area is 241 Å². The second kappa shape index (κ2) is 37.6. The summed E-state index contributed by atoms with van der Waals surface area (Å²) in [4.78, 5) is 20.4. The predicted molar refractivity (Wildman–Crippen MR) is 151 cm³/mol. The van der Waals surface area contributed by atoms with Crippen LogP contribution in [-0.2, 0) is 26.1 Å². The molecule has 0 fully saturated rings. The molecule has 0 atom stereocenters. The van der Waals surface area contributed by atoms with E-state index in [-0.39, 0.29) is 29.3 Å². The number of carbonyl (C=O) groups is 2. The Morgan fingerprint density at radius 3 is 0.676 bits per heavy atom. The Bertz CT molecular complexity index is 403. The third-order valence-electron chi connectivity index (χ3n) is 6.97. The van der Waals surface area contributed by atoms with Crippen LogP contribution in [0.4, 0.5) is 0 Å². The van der Waals surface area contributed by atoms with Crippen molar-refractivity contribution in [2.75, 3.05) is 0 Å². The smallest absolute Gasteiger partial charge is 0.550 e. The minimum Gasteiger partial charge on any atom is -0.550 e. The molecule has 0 unspecified atom stereocenters. The van der Waals surface area contributed by atoms with Crippen LogP contribution in [0.5, 0.6) is 0 Å². The largest absolute Gasteiger partial charge is 2.00 e. The Kier molecular flexibility index (Phi) is 41.6. The van der Waals surface area contributed by atoms with Crippen molar-refractivity contribution in [3.63, 3.8) is 0 Å². The van der Waals surface area contributed by atoms with Gasteiger partial charge < -0.3 is 19.8 Å². The van der Waals surface area contributed by atoms with Gasteiger partial charge in [-0.1, -0.05) is 168 Å². The molecule has 0 aliphatic carbocycles. The summed E-state index contributed by atoms with van der Waals surface area (Å²) < 4.78 is 0. The van der Waals surface area contributed by atoms with E-state index >= 15 is 0 Å². The van der Waals surface area contributed by atoms with Crippen LogP contribution in [0.25, 0.3) is 0 Å². The molecule has 0 amide bonds. The van der Waals surface area contributed by atoms with Crippen LogP contribution in [0.15, 0.2) is 0 Å². The summed E-state index contributed by atoms with van der Waals surface area (Å²) >= 11 is 0. The number of carbonyl (C=O) groups excluding carboxylic acids is 2. The number of aliphatic carboxylic acids is 2. The molecule has 0 rings (SSSR count). The quantitative estimate of drug-likeness (QED) is 0.0700. The monoisotopic (exact) mass is 568 g/mol. The number of unbranched alkanes of at least 4 members (excludes halogenated alkanes) is 24. The molecule has 224 valence electrons. The van der Waals surface area contributed by atoms with Gasteiger partial charge >= 0.3 is 16.5 Å². The zero-order valence-electron chi connectivity index (χ0n) is 24.7. The Morgan fingerprint density at radius 2 is 0.514 bits per heavy atom.